The van der Waals surface area contributed by atoms with Crippen molar-refractivity contribution in [2.75, 3.05) is 7.05 Å². The molecule has 0 spiro atoms. The van der Waals surface area contributed by atoms with E-state index in [-0.39, 0.29) is 5.91 Å². The summed E-state index contributed by atoms with van der Waals surface area (Å²) in [7, 11) is 1.61. The van der Waals surface area contributed by atoms with Crippen molar-refractivity contribution in [3.63, 3.8) is 0 Å². The van der Waals surface area contributed by atoms with Crippen LogP contribution in [-0.4, -0.2) is 17.9 Å². The van der Waals surface area contributed by atoms with E-state index < -0.39 is 0 Å². The van der Waals surface area contributed by atoms with Gasteiger partial charge in [0.25, 0.3) is 5.91 Å². The van der Waals surface area contributed by atoms with Gasteiger partial charge in [0, 0.05) is 18.8 Å². The first kappa shape index (κ1) is 12.3. The van der Waals surface area contributed by atoms with Crippen molar-refractivity contribution in [1.82, 2.24) is 10.3 Å². The van der Waals surface area contributed by atoms with Gasteiger partial charge < -0.3 is 5.32 Å². The number of carbonyl (C=O) groups is 1. The van der Waals surface area contributed by atoms with Crippen LogP contribution >= 0.6 is 0 Å². The van der Waals surface area contributed by atoms with Crippen LogP contribution in [-0.2, 0) is 0 Å². The van der Waals surface area contributed by atoms with Crippen LogP contribution in [0.1, 0.15) is 21.5 Å². The Morgan fingerprint density at radius 2 is 1.78 bits per heavy atom. The minimum absolute atomic E-state index is 0.115. The zero-order chi connectivity index (χ0) is 13.1. The van der Waals surface area contributed by atoms with Crippen molar-refractivity contribution in [3.8, 4) is 11.3 Å². The molecule has 2 aromatic rings. The topological polar surface area (TPSA) is 42.0 Å². The Morgan fingerprint density at radius 1 is 1.11 bits per heavy atom. The molecule has 0 aliphatic heterocycles. The molecule has 0 radical (unpaired) electrons. The zero-order valence-corrected chi connectivity index (χ0v) is 10.8. The second-order valence-electron chi connectivity index (χ2n) is 4.28. The lowest BCUT2D eigenvalue weighted by molar-refractivity contribution is 0.0963. The molecule has 2 rings (SSSR count). The quantitative estimate of drug-likeness (QED) is 0.877. The molecule has 3 heteroatoms. The van der Waals surface area contributed by atoms with Gasteiger partial charge in [0.05, 0.1) is 11.3 Å². The van der Waals surface area contributed by atoms with Gasteiger partial charge in [-0.3, -0.25) is 9.78 Å². The SMILES string of the molecule is CNC(=O)c1ccc(-c2c(C)cccc2C)nc1. The minimum atomic E-state index is -0.115. The number of nitrogens with zero attached hydrogens (tertiary/aromatic N) is 1. The Morgan fingerprint density at radius 3 is 2.28 bits per heavy atom. The Labute approximate surface area is 107 Å². The Balaban J connectivity index is 2.44. The van der Waals surface area contributed by atoms with Crippen molar-refractivity contribution in [2.45, 2.75) is 13.8 Å². The zero-order valence-electron chi connectivity index (χ0n) is 10.8. The second-order valence-corrected chi connectivity index (χ2v) is 4.28. The standard InChI is InChI=1S/C15H16N2O/c1-10-5-4-6-11(2)14(10)13-8-7-12(9-17-13)15(18)16-3/h4-9H,1-3H3,(H,16,18). The Hall–Kier alpha value is -2.16. The number of nitrogens with one attached hydrogen (secondary N) is 1. The van der Waals surface area contributed by atoms with E-state index in [0.29, 0.717) is 5.56 Å². The number of rotatable bonds is 2. The minimum Gasteiger partial charge on any atom is -0.355 e. The molecule has 18 heavy (non-hydrogen) atoms. The molecule has 1 N–H and O–H groups in total. The molecule has 1 aromatic carbocycles. The van der Waals surface area contributed by atoms with Crippen LogP contribution in [0.5, 0.6) is 0 Å². The van der Waals surface area contributed by atoms with E-state index in [4.69, 9.17) is 0 Å². The lowest BCUT2D eigenvalue weighted by Crippen LogP contribution is -2.17. The lowest BCUT2D eigenvalue weighted by Gasteiger charge is -2.09. The molecule has 1 heterocycles. The molecule has 0 unspecified atom stereocenters. The van der Waals surface area contributed by atoms with Gasteiger partial charge in [0.2, 0.25) is 0 Å². The van der Waals surface area contributed by atoms with Crippen LogP contribution in [0.25, 0.3) is 11.3 Å². The summed E-state index contributed by atoms with van der Waals surface area (Å²) < 4.78 is 0. The molecule has 0 aliphatic carbocycles. The molecule has 1 amide bonds. The average Bonchev–Trinajstić information content (AvgIpc) is 2.38. The number of pyridine rings is 1. The second kappa shape index (κ2) is 5.00. The smallest absolute Gasteiger partial charge is 0.252 e. The van der Waals surface area contributed by atoms with E-state index in [1.807, 2.05) is 12.1 Å². The number of carbonyl (C=O) groups excluding carboxylic acids is 1. The van der Waals surface area contributed by atoms with E-state index in [1.54, 1.807) is 19.3 Å². The monoisotopic (exact) mass is 240 g/mol. The molecule has 3 nitrogen and oxygen atoms in total. The van der Waals surface area contributed by atoms with Crippen LogP contribution in [0.15, 0.2) is 36.5 Å². The lowest BCUT2D eigenvalue weighted by atomic mass is 9.99. The molecule has 0 atom stereocenters. The summed E-state index contributed by atoms with van der Waals surface area (Å²) in [6, 6.07) is 9.85. The molecule has 1 aromatic heterocycles. The highest BCUT2D eigenvalue weighted by Gasteiger charge is 2.08. The van der Waals surface area contributed by atoms with Crippen LogP contribution < -0.4 is 5.32 Å². The molecule has 0 fully saturated rings. The molecule has 0 bridgehead atoms. The third-order valence-corrected chi connectivity index (χ3v) is 2.99. The Kier molecular flexibility index (Phi) is 3.42. The van der Waals surface area contributed by atoms with E-state index >= 15 is 0 Å². The summed E-state index contributed by atoms with van der Waals surface area (Å²) in [5.41, 5.74) is 5.00. The fraction of sp³-hybridized carbons (Fsp3) is 0.200. The first-order valence-corrected chi connectivity index (χ1v) is 5.88. The number of hydrogen-bond acceptors (Lipinski definition) is 2. The van der Waals surface area contributed by atoms with Crippen molar-refractivity contribution < 1.29 is 4.79 Å². The van der Waals surface area contributed by atoms with Gasteiger partial charge in [-0.25, -0.2) is 0 Å². The van der Waals surface area contributed by atoms with Crippen molar-refractivity contribution in [2.24, 2.45) is 0 Å². The highest BCUT2D eigenvalue weighted by molar-refractivity contribution is 5.93. The molecule has 0 saturated heterocycles. The van der Waals surface area contributed by atoms with E-state index in [0.717, 1.165) is 11.3 Å². The molecule has 0 saturated carbocycles. The Bertz CT molecular complexity index is 553. The third kappa shape index (κ3) is 2.25. The summed E-state index contributed by atoms with van der Waals surface area (Å²) in [5.74, 6) is -0.115. The van der Waals surface area contributed by atoms with Gasteiger partial charge in [-0.15, -0.1) is 0 Å². The molecular formula is C15H16N2O. The normalized spacial score (nSPS) is 10.2. The van der Waals surface area contributed by atoms with Gasteiger partial charge in [0.1, 0.15) is 0 Å². The van der Waals surface area contributed by atoms with Gasteiger partial charge >= 0.3 is 0 Å². The van der Waals surface area contributed by atoms with Crippen LogP contribution in [0, 0.1) is 13.8 Å². The highest BCUT2D eigenvalue weighted by atomic mass is 16.1. The summed E-state index contributed by atoms with van der Waals surface area (Å²) >= 11 is 0. The van der Waals surface area contributed by atoms with Crippen LogP contribution in [0.2, 0.25) is 0 Å². The van der Waals surface area contributed by atoms with Gasteiger partial charge in [-0.2, -0.15) is 0 Å². The van der Waals surface area contributed by atoms with E-state index in [2.05, 4.69) is 36.3 Å². The van der Waals surface area contributed by atoms with Crippen LogP contribution in [0.4, 0.5) is 0 Å². The molecular weight excluding hydrogens is 224 g/mol. The molecule has 92 valence electrons. The average molecular weight is 240 g/mol. The maximum Gasteiger partial charge on any atom is 0.252 e. The van der Waals surface area contributed by atoms with Crippen molar-refractivity contribution in [1.29, 1.82) is 0 Å². The van der Waals surface area contributed by atoms with Gasteiger partial charge in [-0.1, -0.05) is 18.2 Å². The highest BCUT2D eigenvalue weighted by Crippen LogP contribution is 2.25. The third-order valence-electron chi connectivity index (χ3n) is 2.99. The largest absolute Gasteiger partial charge is 0.355 e. The summed E-state index contributed by atoms with van der Waals surface area (Å²) in [6.07, 6.45) is 1.61. The summed E-state index contributed by atoms with van der Waals surface area (Å²) in [5, 5.41) is 2.58. The fourth-order valence-electron chi connectivity index (χ4n) is 2.04. The number of hydrogen-bond donors (Lipinski definition) is 1. The predicted octanol–water partition coefficient (Wildman–Crippen LogP) is 2.73. The van der Waals surface area contributed by atoms with E-state index in [9.17, 15) is 4.79 Å². The first-order chi connectivity index (χ1) is 8.63. The van der Waals surface area contributed by atoms with Crippen molar-refractivity contribution in [3.05, 3.63) is 53.2 Å². The summed E-state index contributed by atoms with van der Waals surface area (Å²) in [6.45, 7) is 4.13. The van der Waals surface area contributed by atoms with Gasteiger partial charge in [0.15, 0.2) is 0 Å². The fourth-order valence-corrected chi connectivity index (χ4v) is 2.04. The van der Waals surface area contributed by atoms with E-state index in [1.165, 1.54) is 11.1 Å². The van der Waals surface area contributed by atoms with Gasteiger partial charge in [-0.05, 0) is 37.1 Å². The maximum absolute atomic E-state index is 11.4. The summed E-state index contributed by atoms with van der Waals surface area (Å²) in [4.78, 5) is 15.8. The first-order valence-electron chi connectivity index (χ1n) is 5.88. The van der Waals surface area contributed by atoms with Crippen LogP contribution in [0.3, 0.4) is 0 Å². The molecule has 0 aliphatic rings. The number of aromatic nitrogens is 1. The maximum atomic E-state index is 11.4. The predicted molar refractivity (Wildman–Crippen MR) is 72.5 cm³/mol. The number of amides is 1. The number of aryl methyl sites for hydroxylation is 2. The number of benzene rings is 1. The van der Waals surface area contributed by atoms with Crippen molar-refractivity contribution >= 4 is 5.91 Å².